The fourth-order valence-corrected chi connectivity index (χ4v) is 1.89. The molecule has 0 unspecified atom stereocenters. The quantitative estimate of drug-likeness (QED) is 0.797. The minimum atomic E-state index is -0.672. The molecule has 0 fully saturated rings. The number of nitrogens with two attached hydrogens (primary N) is 1. The van der Waals surface area contributed by atoms with Crippen LogP contribution in [-0.4, -0.2) is 16.6 Å². The highest BCUT2D eigenvalue weighted by molar-refractivity contribution is 5.67. The number of anilines is 1. The largest absolute Gasteiger partial charge is 0.493 e. The number of hydrogen-bond acceptors (Lipinski definition) is 6. The number of para-hydroxylation sites is 1. The first-order valence-corrected chi connectivity index (χ1v) is 6.98. The summed E-state index contributed by atoms with van der Waals surface area (Å²) >= 11 is 0. The maximum absolute atomic E-state index is 11.8. The van der Waals surface area contributed by atoms with Crippen molar-refractivity contribution in [3.05, 3.63) is 39.5 Å². The van der Waals surface area contributed by atoms with Crippen LogP contribution in [0.4, 0.5) is 11.5 Å². The van der Waals surface area contributed by atoms with Gasteiger partial charge in [0.2, 0.25) is 5.69 Å². The van der Waals surface area contributed by atoms with Gasteiger partial charge in [0, 0.05) is 0 Å². The number of nitrogens with zero attached hydrogens (tertiary/aromatic N) is 2. The molecular weight excluding hydrogens is 284 g/mol. The maximum atomic E-state index is 11.8. The van der Waals surface area contributed by atoms with Gasteiger partial charge in [0.1, 0.15) is 11.6 Å². The summed E-state index contributed by atoms with van der Waals surface area (Å²) in [6, 6.07) is 7.18. The molecule has 3 N–H and O–H groups in total. The van der Waals surface area contributed by atoms with Crippen molar-refractivity contribution in [3.63, 3.8) is 0 Å². The molecular formula is C15H18N4O3. The van der Waals surface area contributed by atoms with E-state index in [0.717, 1.165) is 6.42 Å². The number of nitrogen functional groups attached to an aromatic ring is 1. The molecule has 7 nitrogen and oxygen atoms in total. The fraction of sp³-hybridized carbons (Fsp3) is 0.333. The summed E-state index contributed by atoms with van der Waals surface area (Å²) in [5.41, 5.74) is 5.11. The van der Waals surface area contributed by atoms with Crippen molar-refractivity contribution in [1.29, 1.82) is 0 Å². The van der Waals surface area contributed by atoms with E-state index in [0.29, 0.717) is 23.8 Å². The van der Waals surface area contributed by atoms with Crippen LogP contribution < -0.4 is 16.0 Å². The predicted octanol–water partition coefficient (Wildman–Crippen LogP) is 2.84. The fourth-order valence-electron chi connectivity index (χ4n) is 1.89. The molecule has 0 saturated heterocycles. The second-order valence-electron chi connectivity index (χ2n) is 5.27. The van der Waals surface area contributed by atoms with Gasteiger partial charge in [0.25, 0.3) is 5.56 Å². The lowest BCUT2D eigenvalue weighted by Crippen LogP contribution is -2.12. The van der Waals surface area contributed by atoms with Crippen LogP contribution in [0.1, 0.15) is 20.3 Å². The van der Waals surface area contributed by atoms with Crippen LogP contribution in [0.5, 0.6) is 5.75 Å². The van der Waals surface area contributed by atoms with E-state index in [1.807, 2.05) is 6.07 Å². The van der Waals surface area contributed by atoms with Crippen LogP contribution >= 0.6 is 0 Å². The highest BCUT2D eigenvalue weighted by Crippen LogP contribution is 2.28. The smallest absolute Gasteiger partial charge is 0.282 e. The number of hydrogen-bond donors (Lipinski definition) is 2. The average molecular weight is 302 g/mol. The number of rotatable bonds is 6. The Morgan fingerprint density at radius 2 is 2.09 bits per heavy atom. The van der Waals surface area contributed by atoms with E-state index in [4.69, 9.17) is 10.5 Å². The molecule has 22 heavy (non-hydrogen) atoms. The Morgan fingerprint density at radius 1 is 1.36 bits per heavy atom. The number of nitroso groups, excluding NO2 is 1. The van der Waals surface area contributed by atoms with E-state index in [1.165, 1.54) is 0 Å². The summed E-state index contributed by atoms with van der Waals surface area (Å²) in [4.78, 5) is 28.9. The summed E-state index contributed by atoms with van der Waals surface area (Å²) in [6.07, 6.45) is 0.911. The molecule has 0 atom stereocenters. The number of aromatic nitrogens is 2. The van der Waals surface area contributed by atoms with Gasteiger partial charge in [-0.05, 0) is 29.6 Å². The molecule has 1 heterocycles. The Balaban J connectivity index is 2.37. The number of H-pyrrole nitrogens is 1. The summed E-state index contributed by atoms with van der Waals surface area (Å²) in [5.74, 6) is 1.16. The van der Waals surface area contributed by atoms with E-state index in [2.05, 4.69) is 29.0 Å². The lowest BCUT2D eigenvalue weighted by molar-refractivity contribution is 0.290. The first-order chi connectivity index (χ1) is 10.5. The summed E-state index contributed by atoms with van der Waals surface area (Å²) in [6.45, 7) is 4.78. The van der Waals surface area contributed by atoms with Crippen molar-refractivity contribution in [2.45, 2.75) is 20.3 Å². The van der Waals surface area contributed by atoms with Crippen LogP contribution in [0, 0.1) is 10.8 Å². The molecule has 0 radical (unpaired) electrons. The van der Waals surface area contributed by atoms with Gasteiger partial charge in [-0.3, -0.25) is 4.79 Å². The van der Waals surface area contributed by atoms with Crippen LogP contribution in [0.2, 0.25) is 0 Å². The van der Waals surface area contributed by atoms with Crippen molar-refractivity contribution < 1.29 is 4.74 Å². The zero-order valence-electron chi connectivity index (χ0n) is 12.5. The second kappa shape index (κ2) is 6.84. The normalized spacial score (nSPS) is 10.7. The molecule has 2 rings (SSSR count). The number of aromatic amines is 1. The maximum Gasteiger partial charge on any atom is 0.282 e. The molecule has 0 spiro atoms. The Bertz CT molecular complexity index is 725. The molecule has 0 aliphatic carbocycles. The average Bonchev–Trinajstić information content (AvgIpc) is 2.47. The lowest BCUT2D eigenvalue weighted by Gasteiger charge is -2.12. The van der Waals surface area contributed by atoms with E-state index in [9.17, 15) is 9.70 Å². The Kier molecular flexibility index (Phi) is 4.88. The van der Waals surface area contributed by atoms with Gasteiger partial charge in [0.05, 0.1) is 12.2 Å². The minimum Gasteiger partial charge on any atom is -0.493 e. The van der Waals surface area contributed by atoms with Crippen molar-refractivity contribution in [2.24, 2.45) is 11.1 Å². The molecule has 7 heteroatoms. The molecule has 0 aliphatic rings. The van der Waals surface area contributed by atoms with Crippen molar-refractivity contribution in [1.82, 2.24) is 9.97 Å². The second-order valence-corrected chi connectivity index (χ2v) is 5.27. The van der Waals surface area contributed by atoms with E-state index < -0.39 is 11.2 Å². The standard InChI is InChI=1S/C15H18N4O3/c1-9(2)7-8-22-11-6-4-3-5-10(11)14-17-13(16)12(19-21)15(20)18-14/h3-6,9H,7-8H2,1-2H3,(H3,16,17,18,20). The molecule has 1 aromatic carbocycles. The third kappa shape index (κ3) is 3.49. The van der Waals surface area contributed by atoms with E-state index in [1.54, 1.807) is 18.2 Å². The summed E-state index contributed by atoms with van der Waals surface area (Å²) < 4.78 is 5.75. The first kappa shape index (κ1) is 15.7. The Labute approximate surface area is 127 Å². The van der Waals surface area contributed by atoms with Crippen LogP contribution in [0.3, 0.4) is 0 Å². The van der Waals surface area contributed by atoms with E-state index >= 15 is 0 Å². The minimum absolute atomic E-state index is 0.203. The molecule has 2 aromatic rings. The number of benzene rings is 1. The van der Waals surface area contributed by atoms with Gasteiger partial charge in [-0.15, -0.1) is 4.91 Å². The highest BCUT2D eigenvalue weighted by atomic mass is 16.5. The topological polar surface area (TPSA) is 110 Å². The van der Waals surface area contributed by atoms with Gasteiger partial charge in [-0.2, -0.15) is 0 Å². The lowest BCUT2D eigenvalue weighted by atomic mass is 10.1. The van der Waals surface area contributed by atoms with E-state index in [-0.39, 0.29) is 11.6 Å². The summed E-state index contributed by atoms with van der Waals surface area (Å²) in [7, 11) is 0. The monoisotopic (exact) mass is 302 g/mol. The third-order valence-corrected chi connectivity index (χ3v) is 3.11. The molecule has 0 saturated carbocycles. The Morgan fingerprint density at radius 3 is 2.73 bits per heavy atom. The molecule has 0 bridgehead atoms. The Hall–Kier alpha value is -2.70. The van der Waals surface area contributed by atoms with Crippen LogP contribution in [0.15, 0.2) is 34.2 Å². The van der Waals surface area contributed by atoms with Gasteiger partial charge < -0.3 is 15.5 Å². The van der Waals surface area contributed by atoms with Gasteiger partial charge in [-0.25, -0.2) is 4.98 Å². The van der Waals surface area contributed by atoms with Crippen molar-refractivity contribution >= 4 is 11.5 Å². The van der Waals surface area contributed by atoms with Crippen LogP contribution in [-0.2, 0) is 0 Å². The molecule has 0 amide bonds. The van der Waals surface area contributed by atoms with Gasteiger partial charge >= 0.3 is 0 Å². The molecule has 0 aliphatic heterocycles. The molecule has 116 valence electrons. The van der Waals surface area contributed by atoms with Gasteiger partial charge in [0.15, 0.2) is 5.82 Å². The summed E-state index contributed by atoms with van der Waals surface area (Å²) in [5, 5.41) is 2.58. The first-order valence-electron chi connectivity index (χ1n) is 6.98. The third-order valence-electron chi connectivity index (χ3n) is 3.11. The number of ether oxygens (including phenoxy) is 1. The van der Waals surface area contributed by atoms with Crippen molar-refractivity contribution in [3.8, 4) is 17.1 Å². The van der Waals surface area contributed by atoms with Crippen LogP contribution in [0.25, 0.3) is 11.4 Å². The van der Waals surface area contributed by atoms with Gasteiger partial charge in [-0.1, -0.05) is 26.0 Å². The SMILES string of the molecule is CC(C)CCOc1ccccc1-c1nc(N)c(N=O)c(=O)[nH]1. The highest BCUT2D eigenvalue weighted by Gasteiger charge is 2.14. The number of nitrogens with one attached hydrogen (secondary N) is 1. The zero-order chi connectivity index (χ0) is 16.1. The molecule has 1 aromatic heterocycles. The van der Waals surface area contributed by atoms with Crippen molar-refractivity contribution in [2.75, 3.05) is 12.3 Å². The predicted molar refractivity (Wildman–Crippen MR) is 85.1 cm³/mol. The zero-order valence-corrected chi connectivity index (χ0v) is 12.5.